The predicted octanol–water partition coefficient (Wildman–Crippen LogP) is 3.56. The molecule has 3 aromatic rings. The predicted molar refractivity (Wildman–Crippen MR) is 73.8 cm³/mol. The number of nitrogens with zero attached hydrogens (tertiary/aromatic N) is 2. The fraction of sp³-hybridized carbons (Fsp3) is 0.133. The monoisotopic (exact) mass is 238 g/mol. The highest BCUT2D eigenvalue weighted by Gasteiger charge is 2.08. The molecule has 18 heavy (non-hydrogen) atoms. The Labute approximate surface area is 106 Å². The molecule has 0 bridgehead atoms. The van der Waals surface area contributed by atoms with Crippen LogP contribution in [-0.4, -0.2) is 19.1 Å². The fourth-order valence-corrected chi connectivity index (χ4v) is 1.91. The zero-order valence-electron chi connectivity index (χ0n) is 10.4. The lowest BCUT2D eigenvalue weighted by Crippen LogP contribution is -2.08. The van der Waals surface area contributed by atoms with Gasteiger partial charge in [-0.05, 0) is 30.3 Å². The molecule has 0 spiro atoms. The molecule has 1 aromatic heterocycles. The maximum atomic E-state index is 5.76. The van der Waals surface area contributed by atoms with E-state index in [2.05, 4.69) is 22.0 Å². The second kappa shape index (κ2) is 4.18. The number of oxazole rings is 1. The van der Waals surface area contributed by atoms with E-state index < -0.39 is 0 Å². The van der Waals surface area contributed by atoms with Crippen molar-refractivity contribution in [2.24, 2.45) is 0 Å². The Balaban J connectivity index is 2.11. The lowest BCUT2D eigenvalue weighted by atomic mass is 10.2. The van der Waals surface area contributed by atoms with E-state index in [4.69, 9.17) is 4.42 Å². The van der Waals surface area contributed by atoms with Gasteiger partial charge in [0.15, 0.2) is 5.58 Å². The molecule has 3 rings (SSSR count). The van der Waals surface area contributed by atoms with E-state index in [1.54, 1.807) is 0 Å². The summed E-state index contributed by atoms with van der Waals surface area (Å²) in [7, 11) is 4.04. The Hall–Kier alpha value is -2.29. The van der Waals surface area contributed by atoms with Gasteiger partial charge in [-0.1, -0.05) is 18.2 Å². The van der Waals surface area contributed by atoms with E-state index in [9.17, 15) is 0 Å². The number of para-hydroxylation sites is 2. The molecular weight excluding hydrogens is 224 g/mol. The number of rotatable bonds is 2. The highest BCUT2D eigenvalue weighted by atomic mass is 16.3. The Morgan fingerprint density at radius 1 is 1.00 bits per heavy atom. The molecule has 0 atom stereocenters. The van der Waals surface area contributed by atoms with Crippen molar-refractivity contribution in [2.75, 3.05) is 19.0 Å². The van der Waals surface area contributed by atoms with Gasteiger partial charge in [0.1, 0.15) is 5.52 Å². The van der Waals surface area contributed by atoms with Gasteiger partial charge in [0.2, 0.25) is 5.89 Å². The summed E-state index contributed by atoms with van der Waals surface area (Å²) in [6.07, 6.45) is 0. The lowest BCUT2D eigenvalue weighted by Gasteiger charge is -2.12. The second-order valence-electron chi connectivity index (χ2n) is 4.43. The molecule has 0 saturated heterocycles. The van der Waals surface area contributed by atoms with Gasteiger partial charge in [-0.3, -0.25) is 0 Å². The van der Waals surface area contributed by atoms with Gasteiger partial charge in [0.25, 0.3) is 0 Å². The summed E-state index contributed by atoms with van der Waals surface area (Å²) in [5.41, 5.74) is 3.85. The van der Waals surface area contributed by atoms with Crippen LogP contribution in [0.5, 0.6) is 0 Å². The molecule has 0 saturated carbocycles. The van der Waals surface area contributed by atoms with Crippen molar-refractivity contribution in [2.45, 2.75) is 0 Å². The van der Waals surface area contributed by atoms with E-state index >= 15 is 0 Å². The van der Waals surface area contributed by atoms with Crippen molar-refractivity contribution in [1.29, 1.82) is 0 Å². The first-order valence-corrected chi connectivity index (χ1v) is 5.87. The van der Waals surface area contributed by atoms with Gasteiger partial charge in [-0.2, -0.15) is 0 Å². The average Bonchev–Trinajstić information content (AvgIpc) is 2.82. The van der Waals surface area contributed by atoms with E-state index in [-0.39, 0.29) is 0 Å². The Kier molecular flexibility index (Phi) is 2.52. The molecule has 3 heteroatoms. The third-order valence-corrected chi connectivity index (χ3v) is 2.90. The van der Waals surface area contributed by atoms with Gasteiger partial charge >= 0.3 is 0 Å². The highest BCUT2D eigenvalue weighted by Crippen LogP contribution is 2.26. The van der Waals surface area contributed by atoms with Gasteiger partial charge in [-0.25, -0.2) is 4.98 Å². The van der Waals surface area contributed by atoms with E-state index in [0.29, 0.717) is 5.89 Å². The highest BCUT2D eigenvalue weighted by molar-refractivity contribution is 5.76. The van der Waals surface area contributed by atoms with Crippen LogP contribution in [0.4, 0.5) is 5.69 Å². The zero-order chi connectivity index (χ0) is 12.5. The summed E-state index contributed by atoms with van der Waals surface area (Å²) in [5.74, 6) is 0.667. The first-order chi connectivity index (χ1) is 8.74. The van der Waals surface area contributed by atoms with Crippen LogP contribution in [0.15, 0.2) is 52.9 Å². The largest absolute Gasteiger partial charge is 0.436 e. The van der Waals surface area contributed by atoms with E-state index in [0.717, 1.165) is 22.4 Å². The number of aromatic nitrogens is 1. The quantitative estimate of drug-likeness (QED) is 0.683. The summed E-state index contributed by atoms with van der Waals surface area (Å²) in [6, 6.07) is 16.0. The molecule has 0 aliphatic carbocycles. The number of fused-ring (bicyclic) bond motifs is 1. The van der Waals surface area contributed by atoms with Crippen LogP contribution < -0.4 is 4.90 Å². The molecule has 0 N–H and O–H groups in total. The zero-order valence-corrected chi connectivity index (χ0v) is 10.4. The first-order valence-electron chi connectivity index (χ1n) is 5.87. The number of benzene rings is 2. The summed E-state index contributed by atoms with van der Waals surface area (Å²) in [5, 5.41) is 0. The van der Waals surface area contributed by atoms with E-state index in [1.807, 2.05) is 50.5 Å². The normalized spacial score (nSPS) is 10.8. The molecule has 90 valence electrons. The van der Waals surface area contributed by atoms with Crippen LogP contribution >= 0.6 is 0 Å². The average molecular weight is 238 g/mol. The summed E-state index contributed by atoms with van der Waals surface area (Å²) < 4.78 is 5.76. The molecule has 0 unspecified atom stereocenters. The molecule has 0 fully saturated rings. The summed E-state index contributed by atoms with van der Waals surface area (Å²) in [4.78, 5) is 6.56. The third kappa shape index (κ3) is 1.84. The van der Waals surface area contributed by atoms with Gasteiger partial charge in [-0.15, -0.1) is 0 Å². The van der Waals surface area contributed by atoms with Crippen molar-refractivity contribution in [1.82, 2.24) is 4.98 Å². The standard InChI is InChI=1S/C15H14N2O/c1-17(2)12-7-5-6-11(10-12)15-16-13-8-3-4-9-14(13)18-15/h3-10H,1-2H3. The van der Waals surface area contributed by atoms with Crippen molar-refractivity contribution in [3.8, 4) is 11.5 Å². The smallest absolute Gasteiger partial charge is 0.227 e. The minimum Gasteiger partial charge on any atom is -0.436 e. The van der Waals surface area contributed by atoms with Crippen LogP contribution in [-0.2, 0) is 0 Å². The van der Waals surface area contributed by atoms with Crippen LogP contribution in [0.2, 0.25) is 0 Å². The lowest BCUT2D eigenvalue weighted by molar-refractivity contribution is 0.620. The topological polar surface area (TPSA) is 29.3 Å². The van der Waals surface area contributed by atoms with Crippen molar-refractivity contribution in [3.63, 3.8) is 0 Å². The van der Waals surface area contributed by atoms with Crippen LogP contribution in [0, 0.1) is 0 Å². The molecule has 0 amide bonds. The summed E-state index contributed by atoms with van der Waals surface area (Å²) >= 11 is 0. The SMILES string of the molecule is CN(C)c1cccc(-c2nc3ccccc3o2)c1. The van der Waals surface area contributed by atoms with Crippen LogP contribution in [0.3, 0.4) is 0 Å². The number of hydrogen-bond acceptors (Lipinski definition) is 3. The van der Waals surface area contributed by atoms with Gasteiger partial charge in [0, 0.05) is 25.3 Å². The minimum atomic E-state index is 0.667. The van der Waals surface area contributed by atoms with Gasteiger partial charge in [0.05, 0.1) is 0 Å². The van der Waals surface area contributed by atoms with Crippen molar-refractivity contribution < 1.29 is 4.42 Å². The maximum Gasteiger partial charge on any atom is 0.227 e. The van der Waals surface area contributed by atoms with Gasteiger partial charge < -0.3 is 9.32 Å². The Morgan fingerprint density at radius 3 is 2.61 bits per heavy atom. The Morgan fingerprint density at radius 2 is 1.83 bits per heavy atom. The first kappa shape index (κ1) is 10.8. The van der Waals surface area contributed by atoms with Crippen molar-refractivity contribution >= 4 is 16.8 Å². The fourth-order valence-electron chi connectivity index (χ4n) is 1.91. The number of anilines is 1. The maximum absolute atomic E-state index is 5.76. The summed E-state index contributed by atoms with van der Waals surface area (Å²) in [6.45, 7) is 0. The molecule has 0 radical (unpaired) electrons. The van der Waals surface area contributed by atoms with Crippen LogP contribution in [0.1, 0.15) is 0 Å². The van der Waals surface area contributed by atoms with Crippen LogP contribution in [0.25, 0.3) is 22.6 Å². The molecule has 0 aliphatic heterocycles. The molecule has 2 aromatic carbocycles. The third-order valence-electron chi connectivity index (χ3n) is 2.90. The Bertz CT molecular complexity index is 653. The van der Waals surface area contributed by atoms with Crippen molar-refractivity contribution in [3.05, 3.63) is 48.5 Å². The number of hydrogen-bond donors (Lipinski definition) is 0. The van der Waals surface area contributed by atoms with E-state index in [1.165, 1.54) is 0 Å². The molecule has 0 aliphatic rings. The molecule has 3 nitrogen and oxygen atoms in total. The molecular formula is C15H14N2O. The second-order valence-corrected chi connectivity index (χ2v) is 4.43. The minimum absolute atomic E-state index is 0.667. The molecule has 1 heterocycles.